The SMILES string of the molecule is CC(C)(C)n1ccnc1SCC(=O)N1C2CCC1C(CO)C2. The second kappa shape index (κ2) is 5.89. The van der Waals surface area contributed by atoms with E-state index in [0.29, 0.717) is 11.8 Å². The van der Waals surface area contributed by atoms with Crippen molar-refractivity contribution in [2.45, 2.75) is 62.8 Å². The van der Waals surface area contributed by atoms with E-state index >= 15 is 0 Å². The summed E-state index contributed by atoms with van der Waals surface area (Å²) in [6, 6.07) is 0.600. The molecule has 1 N–H and O–H groups in total. The van der Waals surface area contributed by atoms with Crippen molar-refractivity contribution >= 4 is 17.7 Å². The molecule has 0 aromatic carbocycles. The molecule has 122 valence electrons. The van der Waals surface area contributed by atoms with Crippen molar-refractivity contribution in [2.24, 2.45) is 5.92 Å². The number of amides is 1. The van der Waals surface area contributed by atoms with Crippen LogP contribution in [0.3, 0.4) is 0 Å². The summed E-state index contributed by atoms with van der Waals surface area (Å²) < 4.78 is 2.11. The molecule has 1 aromatic heterocycles. The van der Waals surface area contributed by atoms with Gasteiger partial charge >= 0.3 is 0 Å². The van der Waals surface area contributed by atoms with Gasteiger partial charge in [0.2, 0.25) is 5.91 Å². The van der Waals surface area contributed by atoms with Crippen molar-refractivity contribution in [3.05, 3.63) is 12.4 Å². The van der Waals surface area contributed by atoms with Crippen molar-refractivity contribution in [2.75, 3.05) is 12.4 Å². The summed E-state index contributed by atoms with van der Waals surface area (Å²) in [5, 5.41) is 10.3. The highest BCUT2D eigenvalue weighted by Gasteiger charge is 2.47. The van der Waals surface area contributed by atoms with Gasteiger partial charge < -0.3 is 14.6 Å². The quantitative estimate of drug-likeness (QED) is 0.862. The normalized spacial score (nSPS) is 27.6. The summed E-state index contributed by atoms with van der Waals surface area (Å²) in [5.41, 5.74) is -0.0312. The lowest BCUT2D eigenvalue weighted by molar-refractivity contribution is -0.129. The number of fused-ring (bicyclic) bond motifs is 2. The van der Waals surface area contributed by atoms with Crippen LogP contribution in [-0.2, 0) is 10.3 Å². The average Bonchev–Trinajstić information content (AvgIpc) is 3.17. The maximum atomic E-state index is 12.6. The van der Waals surface area contributed by atoms with E-state index in [0.717, 1.165) is 24.4 Å². The van der Waals surface area contributed by atoms with E-state index in [1.807, 2.05) is 11.1 Å². The fourth-order valence-electron chi connectivity index (χ4n) is 3.81. The number of carbonyl (C=O) groups is 1. The lowest BCUT2D eigenvalue weighted by Crippen LogP contribution is -2.38. The monoisotopic (exact) mass is 323 g/mol. The maximum Gasteiger partial charge on any atom is 0.233 e. The third-order valence-corrected chi connectivity index (χ3v) is 5.79. The average molecular weight is 323 g/mol. The van der Waals surface area contributed by atoms with E-state index in [1.54, 1.807) is 6.20 Å². The predicted octanol–water partition coefficient (Wildman–Crippen LogP) is 2.10. The van der Waals surface area contributed by atoms with E-state index < -0.39 is 0 Å². The van der Waals surface area contributed by atoms with E-state index in [2.05, 4.69) is 30.3 Å². The van der Waals surface area contributed by atoms with Gasteiger partial charge in [0.15, 0.2) is 5.16 Å². The Kier molecular flexibility index (Phi) is 4.25. The van der Waals surface area contributed by atoms with Crippen LogP contribution in [0.4, 0.5) is 0 Å². The lowest BCUT2D eigenvalue weighted by Gasteiger charge is -2.25. The van der Waals surface area contributed by atoms with Crippen LogP contribution in [0.15, 0.2) is 17.6 Å². The van der Waals surface area contributed by atoms with E-state index in [9.17, 15) is 9.90 Å². The van der Waals surface area contributed by atoms with Gasteiger partial charge in [0, 0.05) is 42.5 Å². The topological polar surface area (TPSA) is 58.4 Å². The number of hydrogen-bond donors (Lipinski definition) is 1. The molecule has 5 nitrogen and oxygen atoms in total. The third kappa shape index (κ3) is 2.78. The standard InChI is InChI=1S/C16H25N3O2S/c1-16(2,3)18-7-6-17-15(18)22-10-14(21)19-12-4-5-13(19)11(8-12)9-20/h6-7,11-13,20H,4-5,8-10H2,1-3H3. The second-order valence-electron chi connectivity index (χ2n) is 7.32. The zero-order valence-electron chi connectivity index (χ0n) is 13.5. The van der Waals surface area contributed by atoms with Crippen LogP contribution in [0.2, 0.25) is 0 Å². The Morgan fingerprint density at radius 2 is 2.23 bits per heavy atom. The first-order valence-electron chi connectivity index (χ1n) is 8.00. The molecule has 3 unspecified atom stereocenters. The highest BCUT2D eigenvalue weighted by molar-refractivity contribution is 7.99. The van der Waals surface area contributed by atoms with Crippen molar-refractivity contribution in [1.29, 1.82) is 0 Å². The van der Waals surface area contributed by atoms with Gasteiger partial charge in [-0.2, -0.15) is 0 Å². The fourth-order valence-corrected chi connectivity index (χ4v) is 4.82. The van der Waals surface area contributed by atoms with Gasteiger partial charge in [-0.1, -0.05) is 11.8 Å². The second-order valence-corrected chi connectivity index (χ2v) is 8.26. The largest absolute Gasteiger partial charge is 0.396 e. The molecule has 0 saturated carbocycles. The summed E-state index contributed by atoms with van der Waals surface area (Å²) >= 11 is 1.51. The number of nitrogens with zero attached hydrogens (tertiary/aromatic N) is 3. The number of rotatable bonds is 4. The van der Waals surface area contributed by atoms with Crippen LogP contribution in [0, 0.1) is 5.92 Å². The molecule has 0 spiro atoms. The Labute approximate surface area is 136 Å². The van der Waals surface area contributed by atoms with Crippen LogP contribution < -0.4 is 0 Å². The zero-order valence-corrected chi connectivity index (χ0v) is 14.3. The maximum absolute atomic E-state index is 12.6. The Balaban J connectivity index is 1.63. The molecule has 0 radical (unpaired) electrons. The lowest BCUT2D eigenvalue weighted by atomic mass is 9.90. The van der Waals surface area contributed by atoms with E-state index in [4.69, 9.17) is 0 Å². The zero-order chi connectivity index (χ0) is 15.9. The van der Waals surface area contributed by atoms with Gasteiger partial charge in [-0.05, 0) is 40.0 Å². The van der Waals surface area contributed by atoms with Crippen LogP contribution in [-0.4, -0.2) is 49.9 Å². The Morgan fingerprint density at radius 3 is 2.86 bits per heavy atom. The highest BCUT2D eigenvalue weighted by atomic mass is 32.2. The minimum atomic E-state index is -0.0312. The summed E-state index contributed by atoms with van der Waals surface area (Å²) in [6.07, 6.45) is 6.86. The molecule has 2 bridgehead atoms. The van der Waals surface area contributed by atoms with Gasteiger partial charge in [0.25, 0.3) is 0 Å². The Morgan fingerprint density at radius 1 is 1.45 bits per heavy atom. The van der Waals surface area contributed by atoms with Gasteiger partial charge in [-0.25, -0.2) is 4.98 Å². The van der Waals surface area contributed by atoms with Crippen LogP contribution in [0.5, 0.6) is 0 Å². The minimum absolute atomic E-state index is 0.0312. The summed E-state index contributed by atoms with van der Waals surface area (Å²) in [6.45, 7) is 6.60. The first kappa shape index (κ1) is 15.9. The van der Waals surface area contributed by atoms with Crippen molar-refractivity contribution in [3.63, 3.8) is 0 Å². The fraction of sp³-hybridized carbons (Fsp3) is 0.750. The molecular formula is C16H25N3O2S. The van der Waals surface area contributed by atoms with Crippen molar-refractivity contribution in [3.8, 4) is 0 Å². The van der Waals surface area contributed by atoms with Crippen molar-refractivity contribution < 1.29 is 9.90 Å². The number of aliphatic hydroxyl groups is 1. The van der Waals surface area contributed by atoms with Gasteiger partial charge in [-0.15, -0.1) is 0 Å². The molecule has 2 aliphatic heterocycles. The third-order valence-electron chi connectivity index (χ3n) is 4.84. The Hall–Kier alpha value is -1.01. The van der Waals surface area contributed by atoms with Crippen LogP contribution >= 0.6 is 11.8 Å². The molecule has 3 atom stereocenters. The summed E-state index contributed by atoms with van der Waals surface area (Å²) in [5.74, 6) is 0.902. The molecule has 2 fully saturated rings. The van der Waals surface area contributed by atoms with E-state index in [-0.39, 0.29) is 30.0 Å². The molecule has 2 aliphatic rings. The molecular weight excluding hydrogens is 298 g/mol. The molecule has 0 aliphatic carbocycles. The number of carbonyl (C=O) groups excluding carboxylic acids is 1. The molecule has 22 heavy (non-hydrogen) atoms. The number of thioether (sulfide) groups is 1. The first-order valence-corrected chi connectivity index (χ1v) is 8.99. The van der Waals surface area contributed by atoms with Crippen LogP contribution in [0.1, 0.15) is 40.0 Å². The summed E-state index contributed by atoms with van der Waals surface area (Å²) in [4.78, 5) is 19.0. The Bertz CT molecular complexity index is 552. The minimum Gasteiger partial charge on any atom is -0.396 e. The van der Waals surface area contributed by atoms with Gasteiger partial charge in [0.1, 0.15) is 0 Å². The molecule has 3 heterocycles. The van der Waals surface area contributed by atoms with Gasteiger partial charge in [-0.3, -0.25) is 4.79 Å². The number of hydrogen-bond acceptors (Lipinski definition) is 4. The number of aliphatic hydroxyl groups excluding tert-OH is 1. The van der Waals surface area contributed by atoms with Crippen molar-refractivity contribution in [1.82, 2.24) is 14.5 Å². The van der Waals surface area contributed by atoms with Crippen LogP contribution in [0.25, 0.3) is 0 Å². The van der Waals surface area contributed by atoms with E-state index in [1.165, 1.54) is 11.8 Å². The molecule has 3 rings (SSSR count). The smallest absolute Gasteiger partial charge is 0.233 e. The molecule has 1 amide bonds. The van der Waals surface area contributed by atoms with Gasteiger partial charge in [0.05, 0.1) is 5.75 Å². The molecule has 2 saturated heterocycles. The predicted molar refractivity (Wildman–Crippen MR) is 86.8 cm³/mol. The number of aromatic nitrogens is 2. The molecule has 1 aromatic rings. The number of imidazole rings is 1. The summed E-state index contributed by atoms with van der Waals surface area (Å²) in [7, 11) is 0. The first-order chi connectivity index (χ1) is 10.4. The highest BCUT2D eigenvalue weighted by Crippen LogP contribution is 2.41. The molecule has 6 heteroatoms.